The summed E-state index contributed by atoms with van der Waals surface area (Å²) in [5.74, 6) is 1.41. The summed E-state index contributed by atoms with van der Waals surface area (Å²) in [5, 5.41) is 4.28. The number of aryl methyl sites for hydroxylation is 1. The second-order valence-electron chi connectivity index (χ2n) is 3.77. The Morgan fingerprint density at radius 1 is 1.59 bits per heavy atom. The first-order chi connectivity index (χ1) is 8.27. The highest BCUT2D eigenvalue weighted by molar-refractivity contribution is 5.31. The van der Waals surface area contributed by atoms with Gasteiger partial charge in [0.25, 0.3) is 0 Å². The quantitative estimate of drug-likeness (QED) is 0.812. The maximum absolute atomic E-state index is 6.18. The van der Waals surface area contributed by atoms with Gasteiger partial charge in [-0.05, 0) is 6.42 Å². The Morgan fingerprint density at radius 3 is 3.00 bits per heavy atom. The molecule has 6 heteroatoms. The van der Waals surface area contributed by atoms with Crippen LogP contribution in [0.25, 0.3) is 0 Å². The van der Waals surface area contributed by atoms with Crippen LogP contribution >= 0.6 is 0 Å². The molecule has 1 atom stereocenters. The Kier molecular flexibility index (Phi) is 3.43. The SMILES string of the molecule is CCCn1ncc(OC)c1C(N)c1ncc[nH]1. The van der Waals surface area contributed by atoms with Crippen LogP contribution in [0.15, 0.2) is 18.6 Å². The summed E-state index contributed by atoms with van der Waals surface area (Å²) in [7, 11) is 1.62. The van der Waals surface area contributed by atoms with E-state index in [1.54, 1.807) is 25.7 Å². The number of nitrogens with zero attached hydrogens (tertiary/aromatic N) is 3. The van der Waals surface area contributed by atoms with Gasteiger partial charge >= 0.3 is 0 Å². The molecule has 0 aliphatic rings. The number of aromatic amines is 1. The fourth-order valence-electron chi connectivity index (χ4n) is 1.82. The molecule has 0 saturated carbocycles. The third-order valence-corrected chi connectivity index (χ3v) is 2.61. The summed E-state index contributed by atoms with van der Waals surface area (Å²) in [4.78, 5) is 7.18. The Morgan fingerprint density at radius 2 is 2.41 bits per heavy atom. The molecular weight excluding hydrogens is 218 g/mol. The highest BCUT2D eigenvalue weighted by Gasteiger charge is 2.21. The second kappa shape index (κ2) is 5.01. The number of imidazole rings is 1. The van der Waals surface area contributed by atoms with E-state index in [9.17, 15) is 0 Å². The van der Waals surface area contributed by atoms with Gasteiger partial charge in [-0.2, -0.15) is 5.10 Å². The highest BCUT2D eigenvalue weighted by atomic mass is 16.5. The predicted molar refractivity (Wildman–Crippen MR) is 63.7 cm³/mol. The number of H-pyrrole nitrogens is 1. The Bertz CT molecular complexity index is 462. The molecule has 92 valence electrons. The molecule has 2 heterocycles. The van der Waals surface area contributed by atoms with Crippen LogP contribution in [0.2, 0.25) is 0 Å². The molecule has 0 aliphatic heterocycles. The van der Waals surface area contributed by atoms with Crippen molar-refractivity contribution in [1.29, 1.82) is 0 Å². The van der Waals surface area contributed by atoms with Crippen LogP contribution in [-0.2, 0) is 6.54 Å². The minimum absolute atomic E-state index is 0.353. The molecule has 1 unspecified atom stereocenters. The molecule has 2 aromatic rings. The lowest BCUT2D eigenvalue weighted by molar-refractivity contribution is 0.403. The van der Waals surface area contributed by atoms with E-state index in [1.165, 1.54) is 0 Å². The van der Waals surface area contributed by atoms with Crippen molar-refractivity contribution in [3.05, 3.63) is 30.1 Å². The number of methoxy groups -OCH3 is 1. The molecule has 0 bridgehead atoms. The maximum atomic E-state index is 6.18. The van der Waals surface area contributed by atoms with Gasteiger partial charge in [0.1, 0.15) is 17.6 Å². The van der Waals surface area contributed by atoms with Crippen LogP contribution in [0, 0.1) is 0 Å². The average Bonchev–Trinajstić information content (AvgIpc) is 2.97. The van der Waals surface area contributed by atoms with Crippen LogP contribution < -0.4 is 10.5 Å². The van der Waals surface area contributed by atoms with Crippen molar-refractivity contribution in [3.63, 3.8) is 0 Å². The van der Waals surface area contributed by atoms with Crippen molar-refractivity contribution in [3.8, 4) is 5.75 Å². The number of hydrogen-bond acceptors (Lipinski definition) is 4. The Hall–Kier alpha value is -1.82. The number of aromatic nitrogens is 4. The summed E-state index contributed by atoms with van der Waals surface area (Å²) in [6.07, 6.45) is 6.11. The summed E-state index contributed by atoms with van der Waals surface area (Å²) in [6.45, 7) is 2.91. The van der Waals surface area contributed by atoms with Crippen molar-refractivity contribution < 1.29 is 4.74 Å². The Balaban J connectivity index is 2.38. The van der Waals surface area contributed by atoms with Crippen LogP contribution in [0.5, 0.6) is 5.75 Å². The summed E-state index contributed by atoms with van der Waals surface area (Å²) < 4.78 is 7.15. The first kappa shape index (κ1) is 11.7. The van der Waals surface area contributed by atoms with Crippen molar-refractivity contribution in [2.75, 3.05) is 7.11 Å². The van der Waals surface area contributed by atoms with E-state index in [-0.39, 0.29) is 6.04 Å². The van der Waals surface area contributed by atoms with E-state index < -0.39 is 0 Å². The van der Waals surface area contributed by atoms with Crippen molar-refractivity contribution >= 4 is 0 Å². The van der Waals surface area contributed by atoms with Gasteiger partial charge in [0, 0.05) is 18.9 Å². The molecule has 2 rings (SSSR count). The molecule has 0 saturated heterocycles. The zero-order valence-corrected chi connectivity index (χ0v) is 10.1. The number of hydrogen-bond donors (Lipinski definition) is 2. The number of nitrogens with two attached hydrogens (primary N) is 1. The predicted octanol–water partition coefficient (Wildman–Crippen LogP) is 1.07. The van der Waals surface area contributed by atoms with Crippen LogP contribution in [0.3, 0.4) is 0 Å². The minimum atomic E-state index is -0.353. The molecule has 0 aliphatic carbocycles. The van der Waals surface area contributed by atoms with Gasteiger partial charge in [0.15, 0.2) is 5.75 Å². The van der Waals surface area contributed by atoms with Crippen LogP contribution in [-0.4, -0.2) is 26.9 Å². The molecule has 0 amide bonds. The largest absolute Gasteiger partial charge is 0.493 e. The van der Waals surface area contributed by atoms with Crippen LogP contribution in [0.1, 0.15) is 30.9 Å². The first-order valence-electron chi connectivity index (χ1n) is 5.62. The molecule has 6 nitrogen and oxygen atoms in total. The zero-order chi connectivity index (χ0) is 12.3. The smallest absolute Gasteiger partial charge is 0.162 e. The van der Waals surface area contributed by atoms with Gasteiger partial charge in [0.2, 0.25) is 0 Å². The zero-order valence-electron chi connectivity index (χ0n) is 10.1. The van der Waals surface area contributed by atoms with Gasteiger partial charge < -0.3 is 15.5 Å². The summed E-state index contributed by atoms with van der Waals surface area (Å²) >= 11 is 0. The lowest BCUT2D eigenvalue weighted by Gasteiger charge is -2.13. The normalized spacial score (nSPS) is 12.6. The monoisotopic (exact) mass is 235 g/mol. The second-order valence-corrected chi connectivity index (χ2v) is 3.77. The highest BCUT2D eigenvalue weighted by Crippen LogP contribution is 2.26. The van der Waals surface area contributed by atoms with Gasteiger partial charge in [0.05, 0.1) is 13.3 Å². The molecule has 3 N–H and O–H groups in total. The number of nitrogens with one attached hydrogen (secondary N) is 1. The van der Waals surface area contributed by atoms with Crippen molar-refractivity contribution in [2.45, 2.75) is 25.9 Å². The molecule has 2 aromatic heterocycles. The fraction of sp³-hybridized carbons (Fsp3) is 0.455. The van der Waals surface area contributed by atoms with E-state index in [0.717, 1.165) is 18.7 Å². The van der Waals surface area contributed by atoms with Gasteiger partial charge in [-0.1, -0.05) is 6.92 Å². The van der Waals surface area contributed by atoms with E-state index >= 15 is 0 Å². The topological polar surface area (TPSA) is 81.8 Å². The van der Waals surface area contributed by atoms with Crippen LogP contribution in [0.4, 0.5) is 0 Å². The van der Waals surface area contributed by atoms with Crippen molar-refractivity contribution in [2.24, 2.45) is 5.73 Å². The van der Waals surface area contributed by atoms with Gasteiger partial charge in [-0.3, -0.25) is 4.68 Å². The Labute approximate surface area is 99.8 Å². The third-order valence-electron chi connectivity index (χ3n) is 2.61. The summed E-state index contributed by atoms with van der Waals surface area (Å²) in [5.41, 5.74) is 7.03. The summed E-state index contributed by atoms with van der Waals surface area (Å²) in [6, 6.07) is -0.353. The van der Waals surface area contributed by atoms with E-state index in [1.807, 2.05) is 4.68 Å². The average molecular weight is 235 g/mol. The number of rotatable bonds is 5. The molecule has 0 aromatic carbocycles. The maximum Gasteiger partial charge on any atom is 0.162 e. The molecule has 0 radical (unpaired) electrons. The fourth-order valence-corrected chi connectivity index (χ4v) is 1.82. The number of ether oxygens (including phenoxy) is 1. The molecule has 17 heavy (non-hydrogen) atoms. The third kappa shape index (κ3) is 2.16. The van der Waals surface area contributed by atoms with E-state index in [0.29, 0.717) is 11.6 Å². The minimum Gasteiger partial charge on any atom is -0.493 e. The van der Waals surface area contributed by atoms with Crippen molar-refractivity contribution in [1.82, 2.24) is 19.7 Å². The standard InChI is InChI=1S/C11H17N5O/c1-3-6-16-10(8(17-2)7-15-16)9(12)11-13-4-5-14-11/h4-5,7,9H,3,6,12H2,1-2H3,(H,13,14). The van der Waals surface area contributed by atoms with Gasteiger partial charge in [-0.25, -0.2) is 4.98 Å². The van der Waals surface area contributed by atoms with Gasteiger partial charge in [-0.15, -0.1) is 0 Å². The molecule has 0 fully saturated rings. The lowest BCUT2D eigenvalue weighted by Crippen LogP contribution is -2.19. The lowest BCUT2D eigenvalue weighted by atomic mass is 10.2. The molecule has 0 spiro atoms. The van der Waals surface area contributed by atoms with E-state index in [4.69, 9.17) is 10.5 Å². The first-order valence-corrected chi connectivity index (χ1v) is 5.62. The van der Waals surface area contributed by atoms with E-state index in [2.05, 4.69) is 22.0 Å². The molecular formula is C11H17N5O.